The summed E-state index contributed by atoms with van der Waals surface area (Å²) < 4.78 is 5.54. The van der Waals surface area contributed by atoms with Crippen molar-refractivity contribution in [3.05, 3.63) is 23.2 Å². The van der Waals surface area contributed by atoms with Crippen LogP contribution >= 0.6 is 11.6 Å². The highest BCUT2D eigenvalue weighted by molar-refractivity contribution is 6.32. The number of ether oxygens (including phenoxy) is 1. The van der Waals surface area contributed by atoms with E-state index >= 15 is 0 Å². The Labute approximate surface area is 140 Å². The van der Waals surface area contributed by atoms with Crippen molar-refractivity contribution in [2.24, 2.45) is 5.92 Å². The lowest BCUT2D eigenvalue weighted by molar-refractivity contribution is -0.143. The van der Waals surface area contributed by atoms with Gasteiger partial charge in [0.1, 0.15) is 5.75 Å². The van der Waals surface area contributed by atoms with E-state index in [-0.39, 0.29) is 18.7 Å². The number of aliphatic carboxylic acids is 1. The lowest BCUT2D eigenvalue weighted by atomic mass is 9.99. The zero-order valence-corrected chi connectivity index (χ0v) is 14.0. The van der Waals surface area contributed by atoms with Crippen molar-refractivity contribution in [1.82, 2.24) is 4.90 Å². The minimum atomic E-state index is -0.860. The molecule has 2 rings (SSSR count). The molecule has 126 valence electrons. The molecule has 0 aromatic heterocycles. The molecule has 0 radical (unpaired) electrons. The van der Waals surface area contributed by atoms with E-state index in [0.717, 1.165) is 0 Å². The summed E-state index contributed by atoms with van der Waals surface area (Å²) in [6.07, 6.45) is 1.30. The minimum Gasteiger partial charge on any atom is -0.489 e. The van der Waals surface area contributed by atoms with Gasteiger partial charge in [-0.1, -0.05) is 11.6 Å². The van der Waals surface area contributed by atoms with Gasteiger partial charge in [0.15, 0.2) is 0 Å². The van der Waals surface area contributed by atoms with E-state index in [2.05, 4.69) is 5.32 Å². The molecule has 0 bridgehead atoms. The summed E-state index contributed by atoms with van der Waals surface area (Å²) in [5.41, 5.74) is 0.550. The van der Waals surface area contributed by atoms with Gasteiger partial charge in [0.2, 0.25) is 0 Å². The first-order valence-corrected chi connectivity index (χ1v) is 7.99. The van der Waals surface area contributed by atoms with Gasteiger partial charge in [-0.2, -0.15) is 0 Å². The van der Waals surface area contributed by atoms with E-state index in [1.165, 1.54) is 4.90 Å². The molecule has 1 saturated heterocycles. The smallest absolute Gasteiger partial charge is 0.321 e. The van der Waals surface area contributed by atoms with Crippen molar-refractivity contribution in [3.63, 3.8) is 0 Å². The lowest BCUT2D eigenvalue weighted by Crippen LogP contribution is -2.44. The third kappa shape index (κ3) is 4.76. The van der Waals surface area contributed by atoms with Crippen LogP contribution in [0.25, 0.3) is 0 Å². The number of carbonyl (C=O) groups is 2. The van der Waals surface area contributed by atoms with Crippen molar-refractivity contribution in [3.8, 4) is 5.75 Å². The number of hydrogen-bond donors (Lipinski definition) is 2. The molecule has 1 aromatic carbocycles. The third-order valence-corrected chi connectivity index (χ3v) is 3.90. The van der Waals surface area contributed by atoms with Gasteiger partial charge >= 0.3 is 12.0 Å². The molecule has 1 unspecified atom stereocenters. The number of rotatable bonds is 4. The van der Waals surface area contributed by atoms with Gasteiger partial charge in [0, 0.05) is 18.8 Å². The van der Waals surface area contributed by atoms with E-state index in [0.29, 0.717) is 35.8 Å². The van der Waals surface area contributed by atoms with Gasteiger partial charge in [-0.15, -0.1) is 0 Å². The summed E-state index contributed by atoms with van der Waals surface area (Å²) in [7, 11) is 0. The molecule has 1 heterocycles. The predicted molar refractivity (Wildman–Crippen MR) is 88.2 cm³/mol. The van der Waals surface area contributed by atoms with Gasteiger partial charge in [-0.25, -0.2) is 4.79 Å². The van der Waals surface area contributed by atoms with E-state index in [9.17, 15) is 9.59 Å². The zero-order valence-electron chi connectivity index (χ0n) is 13.2. The Bertz CT molecular complexity index is 591. The molecule has 2 N–H and O–H groups in total. The molecule has 7 heteroatoms. The molecule has 1 aromatic rings. The van der Waals surface area contributed by atoms with Gasteiger partial charge in [-0.05, 0) is 44.9 Å². The Morgan fingerprint density at radius 1 is 1.43 bits per heavy atom. The number of halogens is 1. The lowest BCUT2D eigenvalue weighted by Gasteiger charge is -2.30. The second-order valence-corrected chi connectivity index (χ2v) is 6.27. The summed E-state index contributed by atoms with van der Waals surface area (Å²) in [5, 5.41) is 12.2. The highest BCUT2D eigenvalue weighted by Crippen LogP contribution is 2.29. The van der Waals surface area contributed by atoms with Gasteiger partial charge in [-0.3, -0.25) is 4.79 Å². The molecular weight excluding hydrogens is 320 g/mol. The number of urea groups is 1. The average molecular weight is 341 g/mol. The second-order valence-electron chi connectivity index (χ2n) is 5.87. The maximum absolute atomic E-state index is 12.3. The summed E-state index contributed by atoms with van der Waals surface area (Å²) in [6.45, 7) is 4.59. The topological polar surface area (TPSA) is 78.9 Å². The SMILES string of the molecule is CC(C)Oc1ccc(NC(=O)N2CCCC(C(=O)O)C2)cc1Cl. The van der Waals surface area contributed by atoms with E-state index < -0.39 is 11.9 Å². The normalized spacial score (nSPS) is 17.9. The zero-order chi connectivity index (χ0) is 17.0. The van der Waals surface area contributed by atoms with Crippen molar-refractivity contribution in [1.29, 1.82) is 0 Å². The summed E-state index contributed by atoms with van der Waals surface area (Å²) in [6, 6.07) is 4.72. The Balaban J connectivity index is 2.00. The average Bonchev–Trinajstić information content (AvgIpc) is 2.49. The molecule has 0 spiro atoms. The quantitative estimate of drug-likeness (QED) is 0.879. The number of amides is 2. The van der Waals surface area contributed by atoms with Crippen LogP contribution in [0.15, 0.2) is 18.2 Å². The first-order valence-electron chi connectivity index (χ1n) is 7.61. The van der Waals surface area contributed by atoms with Crippen LogP contribution in [-0.4, -0.2) is 41.2 Å². The number of piperidine rings is 1. The number of carbonyl (C=O) groups excluding carboxylic acids is 1. The van der Waals surface area contributed by atoms with Crippen LogP contribution in [0, 0.1) is 5.92 Å². The molecule has 1 aliphatic rings. The molecule has 23 heavy (non-hydrogen) atoms. The molecule has 0 aliphatic carbocycles. The van der Waals surface area contributed by atoms with Crippen molar-refractivity contribution in [2.45, 2.75) is 32.8 Å². The Morgan fingerprint density at radius 2 is 2.17 bits per heavy atom. The largest absolute Gasteiger partial charge is 0.489 e. The fraction of sp³-hybridized carbons (Fsp3) is 0.500. The molecule has 1 atom stereocenters. The molecule has 1 fully saturated rings. The number of hydrogen-bond acceptors (Lipinski definition) is 3. The Hall–Kier alpha value is -1.95. The van der Waals surface area contributed by atoms with Gasteiger partial charge < -0.3 is 20.1 Å². The third-order valence-electron chi connectivity index (χ3n) is 3.60. The number of carboxylic acid groups (broad SMARTS) is 1. The van der Waals surface area contributed by atoms with E-state index in [4.69, 9.17) is 21.4 Å². The highest BCUT2D eigenvalue weighted by atomic mass is 35.5. The van der Waals surface area contributed by atoms with Crippen LogP contribution in [0.3, 0.4) is 0 Å². The first-order chi connectivity index (χ1) is 10.9. The maximum Gasteiger partial charge on any atom is 0.321 e. The van der Waals surface area contributed by atoms with Gasteiger partial charge in [0.05, 0.1) is 17.0 Å². The minimum absolute atomic E-state index is 0.00856. The van der Waals surface area contributed by atoms with Gasteiger partial charge in [0.25, 0.3) is 0 Å². The van der Waals surface area contributed by atoms with Crippen molar-refractivity contribution >= 4 is 29.3 Å². The summed E-state index contributed by atoms with van der Waals surface area (Å²) in [5.74, 6) is -0.802. The van der Waals surface area contributed by atoms with E-state index in [1.807, 2.05) is 13.8 Å². The number of anilines is 1. The molecule has 2 amide bonds. The van der Waals surface area contributed by atoms with Crippen LogP contribution < -0.4 is 10.1 Å². The highest BCUT2D eigenvalue weighted by Gasteiger charge is 2.28. The maximum atomic E-state index is 12.3. The number of likely N-dealkylation sites (tertiary alicyclic amines) is 1. The van der Waals surface area contributed by atoms with Crippen LogP contribution in [-0.2, 0) is 4.79 Å². The van der Waals surface area contributed by atoms with Crippen molar-refractivity contribution < 1.29 is 19.4 Å². The predicted octanol–water partition coefficient (Wildman–Crippen LogP) is 3.46. The first kappa shape index (κ1) is 17.4. The fourth-order valence-electron chi connectivity index (χ4n) is 2.49. The number of nitrogens with zero attached hydrogens (tertiary/aromatic N) is 1. The van der Waals surface area contributed by atoms with Crippen LogP contribution in [0.4, 0.5) is 10.5 Å². The van der Waals surface area contributed by atoms with Crippen molar-refractivity contribution in [2.75, 3.05) is 18.4 Å². The number of nitrogens with one attached hydrogen (secondary N) is 1. The Morgan fingerprint density at radius 3 is 2.78 bits per heavy atom. The molecule has 1 aliphatic heterocycles. The summed E-state index contributed by atoms with van der Waals surface area (Å²) in [4.78, 5) is 24.8. The molecular formula is C16H21ClN2O4. The van der Waals surface area contributed by atoms with Crippen LogP contribution in [0.2, 0.25) is 5.02 Å². The standard InChI is InChI=1S/C16H21ClN2O4/c1-10(2)23-14-6-5-12(8-13(14)17)18-16(22)19-7-3-4-11(9-19)15(20)21/h5-6,8,10-11H,3-4,7,9H2,1-2H3,(H,18,22)(H,20,21). The van der Waals surface area contributed by atoms with Crippen LogP contribution in [0.1, 0.15) is 26.7 Å². The number of carboxylic acids is 1. The summed E-state index contributed by atoms with van der Waals surface area (Å²) >= 11 is 6.14. The molecule has 0 saturated carbocycles. The van der Waals surface area contributed by atoms with Crippen LogP contribution in [0.5, 0.6) is 5.75 Å². The Kier molecular flexibility index (Phi) is 5.71. The second kappa shape index (κ2) is 7.55. The number of benzene rings is 1. The molecule has 6 nitrogen and oxygen atoms in total. The monoisotopic (exact) mass is 340 g/mol. The fourth-order valence-corrected chi connectivity index (χ4v) is 2.72. The van der Waals surface area contributed by atoms with E-state index in [1.54, 1.807) is 18.2 Å².